The Bertz CT molecular complexity index is 1330. The molecule has 0 spiro atoms. The fourth-order valence-corrected chi connectivity index (χ4v) is 4.03. The predicted molar refractivity (Wildman–Crippen MR) is 121 cm³/mol. The molecule has 8 heteroatoms. The monoisotopic (exact) mass is 434 g/mol. The third-order valence-corrected chi connectivity index (χ3v) is 5.90. The van der Waals surface area contributed by atoms with Crippen LogP contribution in [0.5, 0.6) is 5.75 Å². The molecule has 1 amide bonds. The first kappa shape index (κ1) is 20.7. The Labute approximate surface area is 183 Å². The summed E-state index contributed by atoms with van der Waals surface area (Å²) in [4.78, 5) is 29.6. The first-order chi connectivity index (χ1) is 14.9. The number of hydrogen-bond acceptors (Lipinski definition) is 6. The van der Waals surface area contributed by atoms with E-state index in [0.717, 1.165) is 27.3 Å². The number of nitrogens with one attached hydrogen (secondary N) is 1. The summed E-state index contributed by atoms with van der Waals surface area (Å²) in [6.45, 7) is 5.98. The van der Waals surface area contributed by atoms with E-state index >= 15 is 0 Å². The number of fused-ring (bicyclic) bond motifs is 1. The maximum absolute atomic E-state index is 12.5. The number of carbonyl (C=O) groups is 1. The number of aryl methyl sites for hydroxylation is 2. The van der Waals surface area contributed by atoms with Gasteiger partial charge >= 0.3 is 0 Å². The number of carbonyl (C=O) groups excluding carboxylic acids is 1. The highest BCUT2D eigenvalue weighted by Crippen LogP contribution is 2.25. The predicted octanol–water partition coefficient (Wildman–Crippen LogP) is 3.44. The normalized spacial score (nSPS) is 10.9. The van der Waals surface area contributed by atoms with E-state index < -0.39 is 0 Å². The Balaban J connectivity index is 1.44. The highest BCUT2D eigenvalue weighted by Gasteiger charge is 2.12. The number of amides is 1. The number of benzene rings is 2. The summed E-state index contributed by atoms with van der Waals surface area (Å²) < 4.78 is 6.91. The maximum Gasteiger partial charge on any atom is 0.275 e. The zero-order valence-electron chi connectivity index (χ0n) is 17.5. The van der Waals surface area contributed by atoms with Crippen LogP contribution in [0.3, 0.4) is 0 Å². The number of aromatic nitrogens is 3. The van der Waals surface area contributed by atoms with Gasteiger partial charge in [-0.15, -0.1) is 0 Å². The summed E-state index contributed by atoms with van der Waals surface area (Å²) in [6.07, 6.45) is 0. The van der Waals surface area contributed by atoms with Crippen molar-refractivity contribution in [2.45, 2.75) is 27.3 Å². The maximum atomic E-state index is 12.5. The van der Waals surface area contributed by atoms with E-state index in [0.29, 0.717) is 16.4 Å². The molecule has 0 aliphatic rings. The molecule has 0 fully saturated rings. The average Bonchev–Trinajstić information content (AvgIpc) is 3.18. The fraction of sp³-hybridized carbons (Fsp3) is 0.217. The lowest BCUT2D eigenvalue weighted by Gasteiger charge is -2.10. The minimum atomic E-state index is -0.285. The van der Waals surface area contributed by atoms with E-state index in [1.54, 1.807) is 0 Å². The molecule has 2 aromatic carbocycles. The van der Waals surface area contributed by atoms with Gasteiger partial charge in [-0.25, -0.2) is 4.98 Å². The molecule has 7 nitrogen and oxygen atoms in total. The van der Waals surface area contributed by atoms with Gasteiger partial charge in [0.2, 0.25) is 4.96 Å². The summed E-state index contributed by atoms with van der Waals surface area (Å²) in [7, 11) is 0. The van der Waals surface area contributed by atoms with Gasteiger partial charge in [0.25, 0.3) is 11.5 Å². The molecule has 0 saturated carbocycles. The summed E-state index contributed by atoms with van der Waals surface area (Å²) in [5.74, 6) is 0.397. The topological polar surface area (TPSA) is 85.6 Å². The fourth-order valence-electron chi connectivity index (χ4n) is 3.11. The first-order valence-corrected chi connectivity index (χ1v) is 10.6. The molecular formula is C23H22N4O3S. The molecule has 2 heterocycles. The van der Waals surface area contributed by atoms with Crippen molar-refractivity contribution in [3.63, 3.8) is 0 Å². The molecule has 1 N–H and O–H groups in total. The van der Waals surface area contributed by atoms with E-state index in [4.69, 9.17) is 4.74 Å². The van der Waals surface area contributed by atoms with E-state index in [9.17, 15) is 9.59 Å². The van der Waals surface area contributed by atoms with E-state index in [1.165, 1.54) is 21.9 Å². The van der Waals surface area contributed by atoms with Gasteiger partial charge in [0.1, 0.15) is 10.8 Å². The Morgan fingerprint density at radius 1 is 1.13 bits per heavy atom. The van der Waals surface area contributed by atoms with Crippen LogP contribution in [0.2, 0.25) is 0 Å². The van der Waals surface area contributed by atoms with Crippen LogP contribution >= 0.6 is 11.3 Å². The van der Waals surface area contributed by atoms with Crippen LogP contribution in [0.25, 0.3) is 15.5 Å². The SMILES string of the molecule is Cc1cccc(-c2nn3c(=O)cc(CNC(=O)COc4cccc(C)c4C)nc3s2)c1. The van der Waals surface area contributed by atoms with Crippen molar-refractivity contribution in [3.05, 3.63) is 81.3 Å². The van der Waals surface area contributed by atoms with Crippen molar-refractivity contribution >= 4 is 22.2 Å². The minimum Gasteiger partial charge on any atom is -0.483 e. The first-order valence-electron chi connectivity index (χ1n) is 9.83. The van der Waals surface area contributed by atoms with Crippen molar-refractivity contribution in [1.29, 1.82) is 0 Å². The van der Waals surface area contributed by atoms with Gasteiger partial charge in [-0.05, 0) is 44.0 Å². The summed E-state index contributed by atoms with van der Waals surface area (Å²) in [5.41, 5.74) is 4.35. The van der Waals surface area contributed by atoms with Crippen molar-refractivity contribution in [3.8, 4) is 16.3 Å². The van der Waals surface area contributed by atoms with Crippen molar-refractivity contribution < 1.29 is 9.53 Å². The Morgan fingerprint density at radius 2 is 1.94 bits per heavy atom. The summed E-state index contributed by atoms with van der Waals surface area (Å²) in [5, 5.41) is 7.86. The second kappa shape index (κ2) is 8.69. The van der Waals surface area contributed by atoms with Crippen LogP contribution in [-0.4, -0.2) is 27.1 Å². The molecule has 158 valence electrons. The van der Waals surface area contributed by atoms with Gasteiger partial charge < -0.3 is 10.1 Å². The molecule has 4 aromatic rings. The summed E-state index contributed by atoms with van der Waals surface area (Å²) >= 11 is 1.34. The molecule has 0 unspecified atom stereocenters. The van der Waals surface area contributed by atoms with Crippen LogP contribution in [0.4, 0.5) is 0 Å². The lowest BCUT2D eigenvalue weighted by atomic mass is 10.1. The van der Waals surface area contributed by atoms with Gasteiger partial charge in [0, 0.05) is 11.6 Å². The van der Waals surface area contributed by atoms with Gasteiger partial charge in [-0.1, -0.05) is 47.2 Å². The number of rotatable bonds is 6. The molecule has 31 heavy (non-hydrogen) atoms. The standard InChI is InChI=1S/C23H22N4O3S/c1-14-6-4-8-17(10-14)22-26-27-21(29)11-18(25-23(27)31-22)12-24-20(28)13-30-19-9-5-7-15(2)16(19)3/h4-11H,12-13H2,1-3H3,(H,24,28). The molecule has 0 aliphatic carbocycles. The molecule has 0 radical (unpaired) electrons. The third-order valence-electron chi connectivity index (χ3n) is 4.94. The highest BCUT2D eigenvalue weighted by molar-refractivity contribution is 7.19. The zero-order chi connectivity index (χ0) is 22.0. The van der Waals surface area contributed by atoms with Crippen LogP contribution in [-0.2, 0) is 11.3 Å². The Kier molecular flexibility index (Phi) is 5.81. The molecule has 2 aromatic heterocycles. The smallest absolute Gasteiger partial charge is 0.275 e. The van der Waals surface area contributed by atoms with Crippen LogP contribution in [0.15, 0.2) is 53.3 Å². The second-order valence-corrected chi connectivity index (χ2v) is 8.28. The lowest BCUT2D eigenvalue weighted by Crippen LogP contribution is -2.29. The largest absolute Gasteiger partial charge is 0.483 e. The molecule has 0 bridgehead atoms. The van der Waals surface area contributed by atoms with E-state index in [1.807, 2.05) is 63.2 Å². The van der Waals surface area contributed by atoms with E-state index in [2.05, 4.69) is 15.4 Å². The molecule has 0 saturated heterocycles. The zero-order valence-corrected chi connectivity index (χ0v) is 18.3. The highest BCUT2D eigenvalue weighted by atomic mass is 32.1. The Morgan fingerprint density at radius 3 is 2.74 bits per heavy atom. The number of ether oxygens (including phenoxy) is 1. The van der Waals surface area contributed by atoms with Crippen LogP contribution < -0.4 is 15.6 Å². The third kappa shape index (κ3) is 4.64. The molecular weight excluding hydrogens is 412 g/mol. The van der Waals surface area contributed by atoms with Crippen molar-refractivity contribution in [1.82, 2.24) is 19.9 Å². The molecule has 0 aliphatic heterocycles. The lowest BCUT2D eigenvalue weighted by molar-refractivity contribution is -0.123. The van der Waals surface area contributed by atoms with E-state index in [-0.39, 0.29) is 24.6 Å². The second-order valence-electron chi connectivity index (χ2n) is 7.32. The average molecular weight is 435 g/mol. The molecule has 0 atom stereocenters. The quantitative estimate of drug-likeness (QED) is 0.502. The van der Waals surface area contributed by atoms with Gasteiger partial charge in [0.15, 0.2) is 6.61 Å². The minimum absolute atomic E-state index is 0.108. The van der Waals surface area contributed by atoms with Crippen molar-refractivity contribution in [2.24, 2.45) is 0 Å². The number of hydrogen-bond donors (Lipinski definition) is 1. The van der Waals surface area contributed by atoms with Crippen LogP contribution in [0.1, 0.15) is 22.4 Å². The summed E-state index contributed by atoms with van der Waals surface area (Å²) in [6, 6.07) is 15.0. The number of nitrogens with zero attached hydrogens (tertiary/aromatic N) is 3. The molecule has 4 rings (SSSR count). The van der Waals surface area contributed by atoms with Crippen molar-refractivity contribution in [2.75, 3.05) is 6.61 Å². The van der Waals surface area contributed by atoms with Gasteiger partial charge in [0.05, 0.1) is 12.2 Å². The van der Waals surface area contributed by atoms with Gasteiger partial charge in [-0.3, -0.25) is 9.59 Å². The Hall–Kier alpha value is -3.52. The van der Waals surface area contributed by atoms with Gasteiger partial charge in [-0.2, -0.15) is 9.61 Å². The van der Waals surface area contributed by atoms with Crippen LogP contribution in [0, 0.1) is 20.8 Å².